The van der Waals surface area contributed by atoms with E-state index < -0.39 is 10.9 Å². The molecule has 3 rings (SSSR count). The second-order valence-electron chi connectivity index (χ2n) is 4.31. The van der Waals surface area contributed by atoms with E-state index in [2.05, 4.69) is 60.7 Å². The molecule has 0 amide bonds. The molecule has 0 saturated heterocycles. The zero-order valence-electron chi connectivity index (χ0n) is 14.5. The second-order valence-corrected chi connectivity index (χ2v) is 5.83. The summed E-state index contributed by atoms with van der Waals surface area (Å²) < 4.78 is 24.5. The number of rotatable bonds is 0. The molecule has 128 valence electrons. The Morgan fingerprint density at radius 2 is 0.826 bits per heavy atom. The van der Waals surface area contributed by atoms with Crippen molar-refractivity contribution in [1.82, 2.24) is 0 Å². The van der Waals surface area contributed by atoms with Crippen molar-refractivity contribution >= 4 is 32.4 Å². The molecule has 0 unspecified atom stereocenters. The van der Waals surface area contributed by atoms with Crippen molar-refractivity contribution in [3.8, 4) is 0 Å². The predicted molar refractivity (Wildman–Crippen MR) is 104 cm³/mol. The Hall–Kier alpha value is -1.59. The van der Waals surface area contributed by atoms with E-state index >= 15 is 0 Å². The minimum absolute atomic E-state index is 0.826. The number of hydrogen-bond acceptors (Lipinski definition) is 3. The zero-order chi connectivity index (χ0) is 17.9. The second kappa shape index (κ2) is 11.0. The Kier molecular flexibility index (Phi) is 10.3. The van der Waals surface area contributed by atoms with Gasteiger partial charge in [0.25, 0.3) is 0 Å². The van der Waals surface area contributed by atoms with Crippen molar-refractivity contribution in [3.05, 3.63) is 60.7 Å². The molecule has 23 heavy (non-hydrogen) atoms. The molecule has 0 fully saturated rings. The van der Waals surface area contributed by atoms with Crippen LogP contribution in [0.15, 0.2) is 60.7 Å². The first kappa shape index (κ1) is 21.4. The average Bonchev–Trinajstić information content (AvgIpc) is 2.55. The minimum atomic E-state index is -3.42. The Bertz CT molecular complexity index is 580. The fourth-order valence-electron chi connectivity index (χ4n) is 1.88. The monoisotopic (exact) mass is 335 g/mol. The summed E-state index contributed by atoms with van der Waals surface area (Å²) in [7, 11) is -3.42. The summed E-state index contributed by atoms with van der Waals surface area (Å²) in [6, 6.07) is 21.4. The summed E-state index contributed by atoms with van der Waals surface area (Å²) in [6.07, 6.45) is 0.826. The Labute approximate surface area is 141 Å². The number of hydrogen-bond donors (Lipinski definition) is 2. The van der Waals surface area contributed by atoms with Crippen LogP contribution in [0.2, 0.25) is 0 Å². The summed E-state index contributed by atoms with van der Waals surface area (Å²) in [5.41, 5.74) is 0. The van der Waals surface area contributed by atoms with Crippen LogP contribution in [0.5, 0.6) is 0 Å². The average molecular weight is 335 g/mol. The summed E-state index contributed by atoms with van der Waals surface area (Å²) in [5, 5.41) is 5.25. The van der Waals surface area contributed by atoms with E-state index in [1.165, 1.54) is 21.5 Å². The van der Waals surface area contributed by atoms with Gasteiger partial charge in [0, 0.05) is 0 Å². The van der Waals surface area contributed by atoms with Gasteiger partial charge in [0.15, 0.2) is 0 Å². The molecule has 3 aromatic carbocycles. The quantitative estimate of drug-likeness (QED) is 0.458. The molecule has 0 radical (unpaired) electrons. The van der Waals surface area contributed by atoms with E-state index in [9.17, 15) is 4.55 Å². The van der Waals surface area contributed by atoms with Crippen LogP contribution in [0, 0.1) is 0 Å². The predicted octanol–water partition coefficient (Wildman–Crippen LogP) is 6.54. The third kappa shape index (κ3) is 8.57. The molecule has 3 nitrogen and oxygen atoms in total. The van der Waals surface area contributed by atoms with Crippen molar-refractivity contribution in [2.45, 2.75) is 27.7 Å². The zero-order valence-corrected chi connectivity index (χ0v) is 15.3. The molecule has 2 N–H and O–H groups in total. The molecule has 0 heterocycles. The molecule has 4 heteroatoms. The lowest BCUT2D eigenvalue weighted by Gasteiger charge is -2.26. The highest BCUT2D eigenvalue weighted by Gasteiger charge is 1.95. The molecular weight excluding hydrogens is 308 g/mol. The van der Waals surface area contributed by atoms with Crippen molar-refractivity contribution in [2.24, 2.45) is 0 Å². The van der Waals surface area contributed by atoms with Gasteiger partial charge in [0.1, 0.15) is 0 Å². The first-order valence-electron chi connectivity index (χ1n) is 7.75. The molecule has 0 aliphatic rings. The first-order chi connectivity index (χ1) is 10.9. The Morgan fingerprint density at radius 1 is 0.652 bits per heavy atom. The number of fused-ring (bicyclic) bond motifs is 2. The molecule has 0 atom stereocenters. The Balaban J connectivity index is 0.000000461. The van der Waals surface area contributed by atoms with Crippen LogP contribution in [0.4, 0.5) is 0 Å². The van der Waals surface area contributed by atoms with Gasteiger partial charge in [-0.25, -0.2) is 0 Å². The smallest absolute Gasteiger partial charge is 0.00263 e. The molecule has 0 spiro atoms. The van der Waals surface area contributed by atoms with Gasteiger partial charge in [0.2, 0.25) is 0 Å². The van der Waals surface area contributed by atoms with Gasteiger partial charge in [-0.15, -0.1) is 10.9 Å². The lowest BCUT2D eigenvalue weighted by Crippen LogP contribution is -1.87. The van der Waals surface area contributed by atoms with E-state index in [-0.39, 0.29) is 0 Å². The van der Waals surface area contributed by atoms with Crippen LogP contribution in [-0.4, -0.2) is 19.9 Å². The maximum Gasteiger partial charge on any atom is -0.00263 e. The topological polar surface area (TPSA) is 63.5 Å². The molecule has 0 bridgehead atoms. The van der Waals surface area contributed by atoms with Crippen LogP contribution < -0.4 is 0 Å². The highest BCUT2D eigenvalue weighted by molar-refractivity contribution is 8.18. The third-order valence-electron chi connectivity index (χ3n) is 2.61. The van der Waals surface area contributed by atoms with Gasteiger partial charge in [-0.2, -0.15) is 0 Å². The van der Waals surface area contributed by atoms with E-state index in [0.29, 0.717) is 0 Å². The van der Waals surface area contributed by atoms with Crippen molar-refractivity contribution in [1.29, 1.82) is 0 Å². The third-order valence-corrected chi connectivity index (χ3v) is 2.61. The molecular formula is C19H27O3S-. The van der Waals surface area contributed by atoms with E-state index in [4.69, 9.17) is 9.11 Å². The van der Waals surface area contributed by atoms with Crippen LogP contribution >= 0.6 is 10.9 Å². The van der Waals surface area contributed by atoms with Crippen LogP contribution in [-0.2, 0) is 0 Å². The summed E-state index contributed by atoms with van der Waals surface area (Å²) in [5.74, 6) is 0. The van der Waals surface area contributed by atoms with Crippen LogP contribution in [0.1, 0.15) is 27.7 Å². The molecule has 0 saturated carbocycles. The number of benzene rings is 3. The SMILES string of the molecule is CC.CC.CS([O-])(O)O.c1ccc2cc3ccccc3cc2c1. The lowest BCUT2D eigenvalue weighted by atomic mass is 10.0. The van der Waals surface area contributed by atoms with E-state index in [0.717, 1.165) is 6.26 Å². The Morgan fingerprint density at radius 3 is 1.00 bits per heavy atom. The van der Waals surface area contributed by atoms with Gasteiger partial charge in [-0.1, -0.05) is 76.2 Å². The van der Waals surface area contributed by atoms with Gasteiger partial charge >= 0.3 is 0 Å². The summed E-state index contributed by atoms with van der Waals surface area (Å²) >= 11 is 0. The van der Waals surface area contributed by atoms with Gasteiger partial charge in [0.05, 0.1) is 0 Å². The highest BCUT2D eigenvalue weighted by atomic mass is 32.3. The van der Waals surface area contributed by atoms with Gasteiger partial charge in [-0.3, -0.25) is 0 Å². The highest BCUT2D eigenvalue weighted by Crippen LogP contribution is 2.24. The fraction of sp³-hybridized carbons (Fsp3) is 0.263. The van der Waals surface area contributed by atoms with E-state index in [1.807, 2.05) is 27.7 Å². The van der Waals surface area contributed by atoms with Crippen LogP contribution in [0.25, 0.3) is 21.5 Å². The van der Waals surface area contributed by atoms with Crippen molar-refractivity contribution in [3.63, 3.8) is 0 Å². The molecule has 0 aromatic heterocycles. The molecule has 3 aromatic rings. The standard InChI is InChI=1S/C14H10.2C2H6.CH6O3S/c1-2-6-12-10-14-8-4-3-7-13(14)9-11(12)5-1;2*1-2;1-5(2,3)4/h1-10H;2*1-2H3;2-4H,1H3/p-1. The van der Waals surface area contributed by atoms with Gasteiger partial charge in [-0.05, 0) is 39.9 Å². The summed E-state index contributed by atoms with van der Waals surface area (Å²) in [6.45, 7) is 8.00. The van der Waals surface area contributed by atoms with Crippen molar-refractivity contribution in [2.75, 3.05) is 6.26 Å². The molecule has 0 aliphatic heterocycles. The molecule has 0 aliphatic carbocycles. The largest absolute Gasteiger partial charge is 0.773 e. The first-order valence-corrected chi connectivity index (χ1v) is 9.63. The maximum atomic E-state index is 9.30. The maximum absolute atomic E-state index is 9.30. The summed E-state index contributed by atoms with van der Waals surface area (Å²) in [4.78, 5) is 0. The minimum Gasteiger partial charge on any atom is -0.773 e. The normalized spacial score (nSPS) is 10.4. The van der Waals surface area contributed by atoms with E-state index in [1.54, 1.807) is 0 Å². The van der Waals surface area contributed by atoms with Crippen molar-refractivity contribution < 1.29 is 13.7 Å². The van der Waals surface area contributed by atoms with Crippen LogP contribution in [0.3, 0.4) is 0 Å². The fourth-order valence-corrected chi connectivity index (χ4v) is 1.88. The lowest BCUT2D eigenvalue weighted by molar-refractivity contribution is 0.369. The van der Waals surface area contributed by atoms with Gasteiger partial charge < -0.3 is 13.7 Å².